The molecule has 11 heteroatoms. The summed E-state index contributed by atoms with van der Waals surface area (Å²) in [5.74, 6) is -0.725. The van der Waals surface area contributed by atoms with Gasteiger partial charge in [-0.15, -0.1) is 0 Å². The van der Waals surface area contributed by atoms with Gasteiger partial charge in [0.25, 0.3) is 10.0 Å². The lowest BCUT2D eigenvalue weighted by Crippen LogP contribution is -2.55. The van der Waals surface area contributed by atoms with E-state index in [0.717, 1.165) is 28.1 Å². The summed E-state index contributed by atoms with van der Waals surface area (Å²) in [7, 11) is -1.86. The van der Waals surface area contributed by atoms with Gasteiger partial charge in [0.2, 0.25) is 0 Å². The van der Waals surface area contributed by atoms with Crippen molar-refractivity contribution in [3.63, 3.8) is 0 Å². The van der Waals surface area contributed by atoms with Crippen molar-refractivity contribution in [1.82, 2.24) is 4.90 Å². The molecule has 0 N–H and O–H groups in total. The van der Waals surface area contributed by atoms with Crippen molar-refractivity contribution in [3.05, 3.63) is 60.2 Å². The van der Waals surface area contributed by atoms with Crippen molar-refractivity contribution in [2.24, 2.45) is 0 Å². The van der Waals surface area contributed by atoms with E-state index in [0.29, 0.717) is 11.3 Å². The number of rotatable bonds is 4. The number of methoxy groups -OCH3 is 2. The van der Waals surface area contributed by atoms with Crippen LogP contribution in [0.5, 0.6) is 0 Å². The van der Waals surface area contributed by atoms with E-state index in [1.807, 2.05) is 5.40 Å². The minimum absolute atomic E-state index is 0.0129. The van der Waals surface area contributed by atoms with Crippen molar-refractivity contribution < 1.29 is 27.5 Å². The highest BCUT2D eigenvalue weighted by Gasteiger charge is 2.67. The molecule has 0 saturated carbocycles. The highest BCUT2D eigenvalue weighted by atomic mass is 32.2. The van der Waals surface area contributed by atoms with Crippen molar-refractivity contribution in [2.75, 3.05) is 18.5 Å². The van der Waals surface area contributed by atoms with Crippen LogP contribution < -0.4 is 4.31 Å². The number of carbonyl (C=O) groups excluding carboxylic acids is 2. The molecule has 166 valence electrons. The van der Waals surface area contributed by atoms with Crippen LogP contribution in [0, 0.1) is 10.7 Å². The molecule has 0 spiro atoms. The van der Waals surface area contributed by atoms with Crippen molar-refractivity contribution in [1.29, 1.82) is 5.26 Å². The number of nitriles is 1. The largest absolute Gasteiger partial charge is 0.467 e. The molecule has 2 heterocycles. The molecule has 2 aliphatic heterocycles. The van der Waals surface area contributed by atoms with E-state index >= 15 is 0 Å². The summed E-state index contributed by atoms with van der Waals surface area (Å²) in [5.41, 5.74) is 0.873. The van der Waals surface area contributed by atoms with E-state index in [1.54, 1.807) is 42.5 Å². The summed E-state index contributed by atoms with van der Waals surface area (Å²) in [6.07, 6.45) is -2.13. The molecule has 0 bridgehead atoms. The number of benzene rings is 2. The average Bonchev–Trinajstić information content (AvgIpc) is 3.28. The fraction of sp³-hybridized carbons (Fsp3) is 0.286. The Morgan fingerprint density at radius 3 is 2.38 bits per heavy atom. The molecule has 0 aromatic heterocycles. The molecule has 0 aliphatic carbocycles. The van der Waals surface area contributed by atoms with Crippen molar-refractivity contribution in [2.45, 2.75) is 28.3 Å². The number of sulfonamides is 1. The number of esters is 1. The molecule has 32 heavy (non-hydrogen) atoms. The second kappa shape index (κ2) is 8.03. The van der Waals surface area contributed by atoms with E-state index in [4.69, 9.17) is 9.47 Å². The van der Waals surface area contributed by atoms with Gasteiger partial charge in [0, 0.05) is 6.42 Å². The van der Waals surface area contributed by atoms with E-state index < -0.39 is 39.0 Å². The van der Waals surface area contributed by atoms with Gasteiger partial charge < -0.3 is 9.47 Å². The fourth-order valence-electron chi connectivity index (χ4n) is 4.46. The molecular weight excluding hydrogens is 454 g/mol. The summed E-state index contributed by atoms with van der Waals surface area (Å²) < 4.78 is 37.4. The highest BCUT2D eigenvalue weighted by Crippen LogP contribution is 2.61. The topological polar surface area (TPSA) is 117 Å². The van der Waals surface area contributed by atoms with E-state index in [-0.39, 0.29) is 11.3 Å². The summed E-state index contributed by atoms with van der Waals surface area (Å²) in [6.45, 7) is 0. The van der Waals surface area contributed by atoms with Crippen LogP contribution in [0.4, 0.5) is 10.5 Å². The van der Waals surface area contributed by atoms with Gasteiger partial charge in [0.1, 0.15) is 17.6 Å². The predicted octanol–water partition coefficient (Wildman–Crippen LogP) is 2.64. The van der Waals surface area contributed by atoms with Gasteiger partial charge in [-0.25, -0.2) is 22.3 Å². The molecule has 3 atom stereocenters. The van der Waals surface area contributed by atoms with Crippen LogP contribution in [-0.2, 0) is 29.0 Å². The first kappa shape index (κ1) is 22.0. The number of hydrogen-bond acceptors (Lipinski definition) is 8. The zero-order chi connectivity index (χ0) is 23.1. The zero-order valence-electron chi connectivity index (χ0n) is 17.2. The lowest BCUT2D eigenvalue weighted by molar-refractivity contribution is -0.145. The van der Waals surface area contributed by atoms with Crippen LogP contribution in [0.25, 0.3) is 0 Å². The summed E-state index contributed by atoms with van der Waals surface area (Å²) in [5, 5.41) is 11.7. The fourth-order valence-corrected chi connectivity index (χ4v) is 7.22. The van der Waals surface area contributed by atoms with Crippen molar-refractivity contribution in [3.8, 4) is 5.40 Å². The third-order valence-corrected chi connectivity index (χ3v) is 8.55. The normalized spacial score (nSPS) is 23.8. The summed E-state index contributed by atoms with van der Waals surface area (Å²) in [4.78, 5) is 26.6. The number of anilines is 1. The van der Waals surface area contributed by atoms with Crippen molar-refractivity contribution >= 4 is 39.5 Å². The van der Waals surface area contributed by atoms with Gasteiger partial charge in [-0.3, -0.25) is 4.90 Å². The lowest BCUT2D eigenvalue weighted by Gasteiger charge is -2.36. The standard InChI is InChI=1S/C21H19N3O6S2/c1-29-18(25)17-12-21(31-13-22)15-10-6-7-11-16(15)24(19(21)23(17)20(26)30-2)32(27,28)14-8-4-3-5-9-14/h3-11,17,19H,12H2,1-2H3/t17-,19-,21-/m0/s1. The Bertz CT molecular complexity index is 1210. The number of likely N-dealkylation sites (tertiary alicyclic amines) is 1. The number of amides is 1. The molecule has 1 amide bonds. The van der Waals surface area contributed by atoms with Crippen LogP contribution in [-0.4, -0.2) is 51.8 Å². The van der Waals surface area contributed by atoms with Gasteiger partial charge in [0.05, 0.1) is 29.5 Å². The Labute approximate surface area is 189 Å². The van der Waals surface area contributed by atoms with Gasteiger partial charge in [-0.1, -0.05) is 36.4 Å². The van der Waals surface area contributed by atoms with Gasteiger partial charge in [0.15, 0.2) is 0 Å². The van der Waals surface area contributed by atoms with E-state index in [9.17, 15) is 23.3 Å². The monoisotopic (exact) mass is 473 g/mol. The number of para-hydroxylation sites is 1. The summed E-state index contributed by atoms with van der Waals surface area (Å²) in [6, 6.07) is 13.4. The second-order valence-corrected chi connectivity index (χ2v) is 10.1. The number of ether oxygens (including phenoxy) is 2. The molecule has 1 fully saturated rings. The quantitative estimate of drug-likeness (QED) is 0.491. The maximum absolute atomic E-state index is 13.8. The molecule has 2 aromatic rings. The van der Waals surface area contributed by atoms with Crippen LogP contribution >= 0.6 is 11.8 Å². The van der Waals surface area contributed by atoms with Crippen LogP contribution in [0.2, 0.25) is 0 Å². The Balaban J connectivity index is 2.02. The minimum atomic E-state index is -4.18. The maximum Gasteiger partial charge on any atom is 0.411 e. The first-order valence-corrected chi connectivity index (χ1v) is 11.8. The summed E-state index contributed by atoms with van der Waals surface area (Å²) >= 11 is 0.820. The molecule has 0 radical (unpaired) electrons. The minimum Gasteiger partial charge on any atom is -0.467 e. The first-order chi connectivity index (χ1) is 15.3. The third kappa shape index (κ3) is 3.02. The number of nitrogens with zero attached hydrogens (tertiary/aromatic N) is 3. The number of fused-ring (bicyclic) bond motifs is 3. The van der Waals surface area contributed by atoms with E-state index in [2.05, 4.69) is 0 Å². The molecule has 4 rings (SSSR count). The second-order valence-electron chi connectivity index (χ2n) is 7.21. The van der Waals surface area contributed by atoms with Crippen LogP contribution in [0.1, 0.15) is 12.0 Å². The number of hydrogen-bond donors (Lipinski definition) is 0. The molecule has 0 unspecified atom stereocenters. The molecule has 9 nitrogen and oxygen atoms in total. The smallest absolute Gasteiger partial charge is 0.411 e. The Kier molecular flexibility index (Phi) is 5.52. The third-order valence-electron chi connectivity index (χ3n) is 5.72. The molecule has 2 aromatic carbocycles. The maximum atomic E-state index is 13.8. The first-order valence-electron chi connectivity index (χ1n) is 9.53. The molecular formula is C21H19N3O6S2. The number of thioether (sulfide) groups is 1. The Hall–Kier alpha value is -3.23. The Morgan fingerprint density at radius 1 is 1.09 bits per heavy atom. The zero-order valence-corrected chi connectivity index (χ0v) is 18.8. The number of carbonyl (C=O) groups is 2. The van der Waals surface area contributed by atoms with Crippen LogP contribution in [0.3, 0.4) is 0 Å². The molecule has 2 aliphatic rings. The molecule has 1 saturated heterocycles. The lowest BCUT2D eigenvalue weighted by atomic mass is 9.95. The van der Waals surface area contributed by atoms with Crippen LogP contribution in [0.15, 0.2) is 59.5 Å². The SMILES string of the molecule is COC(=O)[C@@H]1C[C@]2(SC#N)c3ccccc3N(S(=O)(=O)c3ccccc3)[C@@H]2N1C(=O)OC. The van der Waals surface area contributed by atoms with Gasteiger partial charge in [-0.2, -0.15) is 5.26 Å². The van der Waals surface area contributed by atoms with Gasteiger partial charge >= 0.3 is 12.1 Å². The highest BCUT2D eigenvalue weighted by molar-refractivity contribution is 8.04. The predicted molar refractivity (Wildman–Crippen MR) is 116 cm³/mol. The van der Waals surface area contributed by atoms with E-state index in [1.165, 1.54) is 19.2 Å². The average molecular weight is 474 g/mol. The number of thiocyanates is 1. The van der Waals surface area contributed by atoms with Gasteiger partial charge in [-0.05, 0) is 35.5 Å². The Morgan fingerprint density at radius 2 is 1.75 bits per heavy atom.